The second-order valence-electron chi connectivity index (χ2n) is 14.9. The minimum atomic E-state index is -4.73. The lowest BCUT2D eigenvalue weighted by Gasteiger charge is -2.53. The summed E-state index contributed by atoms with van der Waals surface area (Å²) in [6.07, 6.45) is -2.54. The number of ether oxygens (including phenoxy) is 1. The lowest BCUT2D eigenvalue weighted by Crippen LogP contribution is -2.66. The Labute approximate surface area is 292 Å². The summed E-state index contributed by atoms with van der Waals surface area (Å²) in [7, 11) is 0. The maximum absolute atomic E-state index is 13.8. The summed E-state index contributed by atoms with van der Waals surface area (Å²) in [5.41, 5.74) is -0.179. The summed E-state index contributed by atoms with van der Waals surface area (Å²) < 4.78 is 90.0. The first-order chi connectivity index (χ1) is 24.0. The van der Waals surface area contributed by atoms with Crippen LogP contribution in [0.15, 0.2) is 54.9 Å². The Hall–Kier alpha value is -3.93. The van der Waals surface area contributed by atoms with Gasteiger partial charge in [-0.1, -0.05) is 30.3 Å². The third kappa shape index (κ3) is 7.52. The Kier molecular flexibility index (Phi) is 10.0. The summed E-state index contributed by atoms with van der Waals surface area (Å²) in [5.74, 6) is -4.52. The molecule has 51 heavy (non-hydrogen) atoms. The van der Waals surface area contributed by atoms with Crippen LogP contribution in [-0.4, -0.2) is 75.5 Å². The first-order valence-electron chi connectivity index (χ1n) is 17.0. The van der Waals surface area contributed by atoms with Gasteiger partial charge in [0.25, 0.3) is 0 Å². The molecule has 1 unspecified atom stereocenters. The number of halogens is 6. The van der Waals surface area contributed by atoms with E-state index in [-0.39, 0.29) is 76.2 Å². The third-order valence-electron chi connectivity index (χ3n) is 11.0. The molecular formula is C37H41F6N5O3. The lowest BCUT2D eigenvalue weighted by molar-refractivity contribution is -0.223. The fraction of sp³-hybridized carbons (Fsp3) is 0.541. The van der Waals surface area contributed by atoms with Crippen molar-refractivity contribution >= 4 is 5.91 Å². The number of likely N-dealkylation sites (tertiary alicyclic amines) is 2. The number of hydrogen-bond donors (Lipinski definition) is 1. The summed E-state index contributed by atoms with van der Waals surface area (Å²) in [4.78, 5) is 16.0. The highest BCUT2D eigenvalue weighted by atomic mass is 19.4. The van der Waals surface area contributed by atoms with Gasteiger partial charge in [-0.2, -0.15) is 23.5 Å². The highest BCUT2D eigenvalue weighted by molar-refractivity contribution is 5.83. The molecule has 1 N–H and O–H groups in total. The Balaban J connectivity index is 1.16. The number of rotatable bonds is 10. The zero-order chi connectivity index (χ0) is 36.8. The van der Waals surface area contributed by atoms with E-state index in [1.807, 2.05) is 0 Å². The number of nitrogens with zero attached hydrogens (tertiary/aromatic N) is 5. The number of amides is 1. The quantitative estimate of drug-likeness (QED) is 0.232. The fourth-order valence-corrected chi connectivity index (χ4v) is 7.69. The molecule has 3 heterocycles. The molecule has 1 amide bonds. The first-order valence-corrected chi connectivity index (χ1v) is 17.0. The Morgan fingerprint density at radius 2 is 1.78 bits per heavy atom. The van der Waals surface area contributed by atoms with Crippen molar-refractivity contribution in [3.05, 3.63) is 88.5 Å². The van der Waals surface area contributed by atoms with Gasteiger partial charge in [0.15, 0.2) is 0 Å². The number of carbonyl (C=O) groups excluding carboxylic acids is 1. The van der Waals surface area contributed by atoms with Crippen molar-refractivity contribution in [2.45, 2.75) is 76.9 Å². The monoisotopic (exact) mass is 717 g/mol. The van der Waals surface area contributed by atoms with Crippen LogP contribution in [0.5, 0.6) is 0 Å². The van der Waals surface area contributed by atoms with Crippen molar-refractivity contribution in [3.8, 4) is 6.07 Å². The zero-order valence-electron chi connectivity index (χ0n) is 28.5. The Morgan fingerprint density at radius 3 is 2.43 bits per heavy atom. The molecule has 8 nitrogen and oxygen atoms in total. The lowest BCUT2D eigenvalue weighted by atomic mass is 9.70. The van der Waals surface area contributed by atoms with Crippen LogP contribution in [-0.2, 0) is 22.7 Å². The van der Waals surface area contributed by atoms with Gasteiger partial charge in [0.1, 0.15) is 17.5 Å². The van der Waals surface area contributed by atoms with E-state index in [0.29, 0.717) is 29.8 Å². The van der Waals surface area contributed by atoms with Crippen molar-refractivity contribution in [1.82, 2.24) is 19.6 Å². The Bertz CT molecular complexity index is 1750. The van der Waals surface area contributed by atoms with Crippen LogP contribution in [0.2, 0.25) is 0 Å². The number of hydrogen-bond acceptors (Lipinski definition) is 6. The molecule has 0 bridgehead atoms. The third-order valence-corrected chi connectivity index (χ3v) is 11.0. The first kappa shape index (κ1) is 36.8. The predicted molar refractivity (Wildman–Crippen MR) is 174 cm³/mol. The Morgan fingerprint density at radius 1 is 1.10 bits per heavy atom. The average molecular weight is 718 g/mol. The van der Waals surface area contributed by atoms with Crippen LogP contribution in [0.25, 0.3) is 0 Å². The van der Waals surface area contributed by atoms with Gasteiger partial charge >= 0.3 is 6.18 Å². The molecule has 1 aromatic heterocycles. The molecule has 1 aliphatic carbocycles. The molecule has 1 spiro atoms. The summed E-state index contributed by atoms with van der Waals surface area (Å²) >= 11 is 0. The standard InChI is InChI=1S/C37H41F6N5O3/c1-34(2,37(41,42)43)33(50)47-22-35(23-47)21-46(32(49)27-15-45-48(17-27)16-24-6-8-29(38)9-7-24)18-28(35)20-51-19-26-4-3-5-30(31(26)14-44)25-10-12-36(39,40)13-11-25/h3-9,15,17,25,28,32,49H,10-13,16,18-23H2,1-2H3/t28-,32?/m0/s1. The number of aromatic nitrogens is 2. The van der Waals surface area contributed by atoms with Crippen molar-refractivity contribution in [2.24, 2.45) is 16.7 Å². The van der Waals surface area contributed by atoms with Crippen molar-refractivity contribution in [3.63, 3.8) is 0 Å². The van der Waals surface area contributed by atoms with Crippen LogP contribution in [0, 0.1) is 33.9 Å². The molecule has 1 saturated carbocycles. The second kappa shape index (κ2) is 13.9. The number of nitriles is 1. The SMILES string of the molecule is CC(C)(C(=O)N1CC2(C1)CN(C(O)c1cnn(Cc3ccc(F)cc3)c1)C[C@H]2COCc1cccc(C2CCC(F)(F)CC2)c1C#N)C(F)(F)F. The van der Waals surface area contributed by atoms with Gasteiger partial charge in [-0.15, -0.1) is 0 Å². The largest absolute Gasteiger partial charge is 0.402 e. The summed E-state index contributed by atoms with van der Waals surface area (Å²) in [5, 5.41) is 25.8. The van der Waals surface area contributed by atoms with E-state index in [1.165, 1.54) is 23.2 Å². The van der Waals surface area contributed by atoms with Crippen LogP contribution in [0.1, 0.15) is 79.5 Å². The van der Waals surface area contributed by atoms with Crippen molar-refractivity contribution in [2.75, 3.05) is 32.8 Å². The highest BCUT2D eigenvalue weighted by Crippen LogP contribution is 2.49. The van der Waals surface area contributed by atoms with E-state index in [0.717, 1.165) is 25.0 Å². The maximum Gasteiger partial charge on any atom is 0.402 e. The molecule has 2 atom stereocenters. The highest BCUT2D eigenvalue weighted by Gasteiger charge is 2.61. The molecule has 6 rings (SSSR count). The van der Waals surface area contributed by atoms with Gasteiger partial charge < -0.3 is 14.7 Å². The topological polar surface area (TPSA) is 94.6 Å². The van der Waals surface area contributed by atoms with Gasteiger partial charge in [0.05, 0.1) is 37.6 Å². The van der Waals surface area contributed by atoms with Gasteiger partial charge in [-0.3, -0.25) is 14.4 Å². The second-order valence-corrected chi connectivity index (χ2v) is 14.9. The van der Waals surface area contributed by atoms with Gasteiger partial charge in [0, 0.05) is 62.1 Å². The smallest absolute Gasteiger partial charge is 0.376 e. The molecule has 0 radical (unpaired) electrons. The van der Waals surface area contributed by atoms with Crippen LogP contribution >= 0.6 is 0 Å². The number of aliphatic hydroxyl groups excluding tert-OH is 1. The van der Waals surface area contributed by atoms with Crippen LogP contribution < -0.4 is 0 Å². The predicted octanol–water partition coefficient (Wildman–Crippen LogP) is 6.79. The molecule has 2 aromatic carbocycles. The minimum Gasteiger partial charge on any atom is -0.376 e. The summed E-state index contributed by atoms with van der Waals surface area (Å²) in [6, 6.07) is 13.5. The van der Waals surface area contributed by atoms with Crippen LogP contribution in [0.4, 0.5) is 26.3 Å². The molecule has 3 aliphatic rings. The van der Waals surface area contributed by atoms with Crippen molar-refractivity contribution < 1.29 is 41.0 Å². The van der Waals surface area contributed by atoms with Gasteiger partial charge in [0.2, 0.25) is 11.8 Å². The molecule has 2 aliphatic heterocycles. The molecular weight excluding hydrogens is 676 g/mol. The molecule has 14 heteroatoms. The number of alkyl halides is 5. The van der Waals surface area contributed by atoms with Gasteiger partial charge in [-0.25, -0.2) is 13.2 Å². The minimum absolute atomic E-state index is 0.0503. The molecule has 3 fully saturated rings. The molecule has 2 saturated heterocycles. The maximum atomic E-state index is 13.8. The van der Waals surface area contributed by atoms with E-state index >= 15 is 0 Å². The number of benzene rings is 2. The van der Waals surface area contributed by atoms with E-state index < -0.39 is 35.1 Å². The zero-order valence-corrected chi connectivity index (χ0v) is 28.5. The van der Waals surface area contributed by atoms with Crippen molar-refractivity contribution in [1.29, 1.82) is 5.26 Å². The molecule has 274 valence electrons. The number of carbonyl (C=O) groups is 1. The average Bonchev–Trinajstić information content (AvgIpc) is 3.69. The van der Waals surface area contributed by atoms with E-state index in [1.54, 1.807) is 46.1 Å². The van der Waals surface area contributed by atoms with E-state index in [9.17, 15) is 41.5 Å². The number of aliphatic hydroxyl groups is 1. The van der Waals surface area contributed by atoms with Gasteiger partial charge in [-0.05, 0) is 61.4 Å². The van der Waals surface area contributed by atoms with Crippen LogP contribution in [0.3, 0.4) is 0 Å². The van der Waals surface area contributed by atoms with E-state index in [2.05, 4.69) is 11.2 Å². The molecule has 3 aromatic rings. The normalized spacial score (nSPS) is 21.4. The van der Waals surface area contributed by atoms with E-state index in [4.69, 9.17) is 4.74 Å². The summed E-state index contributed by atoms with van der Waals surface area (Å²) in [6.45, 7) is 2.98. The fourth-order valence-electron chi connectivity index (χ4n) is 7.69.